The van der Waals surface area contributed by atoms with Gasteiger partial charge in [-0.2, -0.15) is 4.31 Å². The van der Waals surface area contributed by atoms with Crippen LogP contribution in [0.4, 0.5) is 0 Å². The number of halogens is 2. The number of sulfonamides is 1. The molecule has 0 aliphatic rings. The van der Waals surface area contributed by atoms with Crippen molar-refractivity contribution in [2.45, 2.75) is 18.7 Å². The summed E-state index contributed by atoms with van der Waals surface area (Å²) in [5.41, 5.74) is 0.389. The maximum atomic E-state index is 12.7. The van der Waals surface area contributed by atoms with Crippen molar-refractivity contribution in [3.8, 4) is 0 Å². The predicted octanol–water partition coefficient (Wildman–Crippen LogP) is 4.17. The quantitative estimate of drug-likeness (QED) is 0.411. The lowest BCUT2D eigenvalue weighted by atomic mass is 10.1. The summed E-state index contributed by atoms with van der Waals surface area (Å²) in [5.74, 6) is -1.18. The van der Waals surface area contributed by atoms with Crippen molar-refractivity contribution < 1.29 is 22.7 Å². The normalized spacial score (nSPS) is 11.5. The van der Waals surface area contributed by atoms with E-state index in [1.54, 1.807) is 38.1 Å². The highest BCUT2D eigenvalue weighted by Crippen LogP contribution is 2.26. The van der Waals surface area contributed by atoms with Crippen LogP contribution in [0.2, 0.25) is 5.02 Å². The third-order valence-electron chi connectivity index (χ3n) is 3.97. The number of carbonyl (C=O) groups is 2. The molecule has 0 aromatic heterocycles. The first-order valence-corrected chi connectivity index (χ1v) is 11.1. The molecule has 0 aliphatic carbocycles. The molecule has 0 amide bonds. The van der Waals surface area contributed by atoms with Crippen LogP contribution in [0.3, 0.4) is 0 Å². The SMILES string of the molecule is CCN(CC)S(=O)(=O)c1cc(C(=O)OCC(=O)c2cccc(Br)c2)ccc1Cl. The molecule has 2 rings (SSSR count). The minimum Gasteiger partial charge on any atom is -0.454 e. The van der Waals surface area contributed by atoms with E-state index in [1.165, 1.54) is 22.5 Å². The molecule has 0 aliphatic heterocycles. The van der Waals surface area contributed by atoms with E-state index >= 15 is 0 Å². The fraction of sp³-hybridized carbons (Fsp3) is 0.263. The van der Waals surface area contributed by atoms with Crippen LogP contribution in [-0.4, -0.2) is 44.2 Å². The zero-order valence-electron chi connectivity index (χ0n) is 15.3. The number of benzene rings is 2. The molecule has 0 fully saturated rings. The summed E-state index contributed by atoms with van der Waals surface area (Å²) in [6.07, 6.45) is 0. The summed E-state index contributed by atoms with van der Waals surface area (Å²) >= 11 is 9.32. The molecule has 2 aromatic rings. The van der Waals surface area contributed by atoms with Crippen molar-refractivity contribution in [1.82, 2.24) is 4.31 Å². The Morgan fingerprint density at radius 3 is 2.36 bits per heavy atom. The summed E-state index contributed by atoms with van der Waals surface area (Å²) in [4.78, 5) is 24.3. The van der Waals surface area contributed by atoms with E-state index in [0.717, 1.165) is 4.47 Å². The average Bonchev–Trinajstić information content (AvgIpc) is 2.66. The molecule has 28 heavy (non-hydrogen) atoms. The van der Waals surface area contributed by atoms with Crippen molar-refractivity contribution in [3.63, 3.8) is 0 Å². The molecule has 150 valence electrons. The second-order valence-corrected chi connectivity index (χ2v) is 8.97. The highest BCUT2D eigenvalue weighted by molar-refractivity contribution is 9.10. The molecule has 0 heterocycles. The van der Waals surface area contributed by atoms with Gasteiger partial charge in [-0.3, -0.25) is 4.79 Å². The van der Waals surface area contributed by atoms with E-state index in [2.05, 4.69) is 15.9 Å². The standard InChI is InChI=1S/C19H19BrClNO5S/c1-3-22(4-2)28(25,26)18-11-14(8-9-16(18)21)19(24)27-12-17(23)13-6-5-7-15(20)10-13/h5-11H,3-4,12H2,1-2H3. The Bertz CT molecular complexity index is 990. The highest BCUT2D eigenvalue weighted by Gasteiger charge is 2.26. The minimum absolute atomic E-state index is 0.00262. The number of carbonyl (C=O) groups excluding carboxylic acids is 2. The third kappa shape index (κ3) is 5.20. The van der Waals surface area contributed by atoms with E-state index < -0.39 is 22.6 Å². The van der Waals surface area contributed by atoms with Gasteiger partial charge in [-0.05, 0) is 30.3 Å². The van der Waals surface area contributed by atoms with Gasteiger partial charge in [0.1, 0.15) is 4.90 Å². The van der Waals surface area contributed by atoms with Crippen LogP contribution in [-0.2, 0) is 14.8 Å². The maximum Gasteiger partial charge on any atom is 0.338 e. The van der Waals surface area contributed by atoms with E-state index in [0.29, 0.717) is 5.56 Å². The van der Waals surface area contributed by atoms with Gasteiger partial charge < -0.3 is 4.74 Å². The molecule has 0 atom stereocenters. The fourth-order valence-corrected chi connectivity index (χ4v) is 4.85. The van der Waals surface area contributed by atoms with Crippen molar-refractivity contribution in [2.75, 3.05) is 19.7 Å². The van der Waals surface area contributed by atoms with Gasteiger partial charge in [-0.25, -0.2) is 13.2 Å². The van der Waals surface area contributed by atoms with Crippen molar-refractivity contribution in [2.24, 2.45) is 0 Å². The number of hydrogen-bond donors (Lipinski definition) is 0. The molecule has 0 N–H and O–H groups in total. The van der Waals surface area contributed by atoms with Gasteiger partial charge in [0.15, 0.2) is 12.4 Å². The minimum atomic E-state index is -3.85. The average molecular weight is 489 g/mol. The number of nitrogens with zero attached hydrogens (tertiary/aromatic N) is 1. The Hall–Kier alpha value is -1.74. The first-order valence-electron chi connectivity index (χ1n) is 8.46. The van der Waals surface area contributed by atoms with Crippen LogP contribution >= 0.6 is 27.5 Å². The van der Waals surface area contributed by atoms with Gasteiger partial charge in [0, 0.05) is 23.1 Å². The number of rotatable bonds is 8. The Kier molecular flexibility index (Phi) is 7.77. The number of Topliss-reactive ketones (excluding diaryl/α,β-unsaturated/α-hetero) is 1. The smallest absolute Gasteiger partial charge is 0.338 e. The molecule has 0 spiro atoms. The molecule has 0 saturated heterocycles. The van der Waals surface area contributed by atoms with Gasteiger partial charge in [0.25, 0.3) is 0 Å². The first-order chi connectivity index (χ1) is 13.2. The van der Waals surface area contributed by atoms with Gasteiger partial charge in [-0.1, -0.05) is 53.5 Å². The second kappa shape index (κ2) is 9.65. The van der Waals surface area contributed by atoms with Gasteiger partial charge >= 0.3 is 5.97 Å². The molecular formula is C19H19BrClNO5S. The summed E-state index contributed by atoms with van der Waals surface area (Å²) in [6.45, 7) is 3.49. The molecule has 0 radical (unpaired) electrons. The van der Waals surface area contributed by atoms with Crippen LogP contribution in [0.5, 0.6) is 0 Å². The zero-order valence-corrected chi connectivity index (χ0v) is 18.5. The lowest BCUT2D eigenvalue weighted by molar-refractivity contribution is 0.0474. The molecule has 0 saturated carbocycles. The van der Waals surface area contributed by atoms with Gasteiger partial charge in [0.2, 0.25) is 10.0 Å². The molecule has 0 unspecified atom stereocenters. The van der Waals surface area contributed by atoms with Gasteiger partial charge in [-0.15, -0.1) is 0 Å². The third-order valence-corrected chi connectivity index (χ3v) is 7.00. The molecular weight excluding hydrogens is 470 g/mol. The van der Waals surface area contributed by atoms with Crippen LogP contribution in [0.15, 0.2) is 51.8 Å². The monoisotopic (exact) mass is 487 g/mol. The summed E-state index contributed by atoms with van der Waals surface area (Å²) < 4.78 is 32.4. The Morgan fingerprint density at radius 1 is 1.07 bits per heavy atom. The lowest BCUT2D eigenvalue weighted by Crippen LogP contribution is -2.31. The largest absolute Gasteiger partial charge is 0.454 e. The Labute approximate surface area is 177 Å². The number of esters is 1. The first kappa shape index (κ1) is 22.5. The number of hydrogen-bond acceptors (Lipinski definition) is 5. The summed E-state index contributed by atoms with van der Waals surface area (Å²) in [6, 6.07) is 10.5. The highest BCUT2D eigenvalue weighted by atomic mass is 79.9. The van der Waals surface area contributed by atoms with Crippen molar-refractivity contribution in [3.05, 3.63) is 63.1 Å². The number of ketones is 1. The molecule has 9 heteroatoms. The fourth-order valence-electron chi connectivity index (χ4n) is 2.49. The van der Waals surface area contributed by atoms with Crippen molar-refractivity contribution in [1.29, 1.82) is 0 Å². The van der Waals surface area contributed by atoms with Crippen LogP contribution in [0, 0.1) is 0 Å². The number of ether oxygens (including phenoxy) is 1. The second-order valence-electron chi connectivity index (χ2n) is 5.74. The van der Waals surface area contributed by atoms with E-state index in [-0.39, 0.29) is 34.4 Å². The van der Waals surface area contributed by atoms with Crippen molar-refractivity contribution >= 4 is 49.3 Å². The molecule has 2 aromatic carbocycles. The van der Waals surface area contributed by atoms with Crippen LogP contribution in [0.1, 0.15) is 34.6 Å². The van der Waals surface area contributed by atoms with E-state index in [1.807, 2.05) is 0 Å². The molecule has 0 bridgehead atoms. The zero-order chi connectivity index (χ0) is 20.9. The Balaban J connectivity index is 2.19. The lowest BCUT2D eigenvalue weighted by Gasteiger charge is -2.19. The van der Waals surface area contributed by atoms with Crippen LogP contribution < -0.4 is 0 Å². The molecule has 6 nitrogen and oxygen atoms in total. The van der Waals surface area contributed by atoms with E-state index in [4.69, 9.17) is 16.3 Å². The van der Waals surface area contributed by atoms with E-state index in [9.17, 15) is 18.0 Å². The topological polar surface area (TPSA) is 80.8 Å². The predicted molar refractivity (Wildman–Crippen MR) is 110 cm³/mol. The van der Waals surface area contributed by atoms with Gasteiger partial charge in [0.05, 0.1) is 10.6 Å². The summed E-state index contributed by atoms with van der Waals surface area (Å²) in [7, 11) is -3.85. The Morgan fingerprint density at radius 2 is 1.75 bits per heavy atom. The summed E-state index contributed by atoms with van der Waals surface area (Å²) in [5, 5.41) is 0.00802. The van der Waals surface area contributed by atoms with Crippen LogP contribution in [0.25, 0.3) is 0 Å². The maximum absolute atomic E-state index is 12.7.